The van der Waals surface area contributed by atoms with Crippen LogP contribution in [-0.4, -0.2) is 75.1 Å². The molecule has 1 saturated heterocycles. The molecule has 0 aliphatic carbocycles. The van der Waals surface area contributed by atoms with Gasteiger partial charge in [-0.2, -0.15) is 0 Å². The quantitative estimate of drug-likeness (QED) is 0.793. The minimum Gasteiger partial charge on any atom is -0.357 e. The number of piperazine rings is 1. The minimum atomic E-state index is -3.26. The van der Waals surface area contributed by atoms with Gasteiger partial charge in [-0.05, 0) is 31.5 Å². The predicted octanol–water partition coefficient (Wildman–Crippen LogP) is 0.300. The van der Waals surface area contributed by atoms with Crippen LogP contribution in [0.1, 0.15) is 19.4 Å². The van der Waals surface area contributed by atoms with Crippen LogP contribution in [0.5, 0.6) is 0 Å². The van der Waals surface area contributed by atoms with Gasteiger partial charge in [-0.25, -0.2) is 8.42 Å². The van der Waals surface area contributed by atoms with Gasteiger partial charge in [0.2, 0.25) is 11.8 Å². The lowest BCUT2D eigenvalue weighted by atomic mass is 10.1. The first-order valence-corrected chi connectivity index (χ1v) is 10.6. The molecule has 1 N–H and O–H groups in total. The first-order valence-electron chi connectivity index (χ1n) is 8.67. The number of rotatable bonds is 5. The molecular formula is C18H27N3O4S. The molecule has 1 heterocycles. The average Bonchev–Trinajstić information content (AvgIpc) is 2.60. The number of carbonyl (C=O) groups is 2. The Labute approximate surface area is 155 Å². The van der Waals surface area contributed by atoms with Crippen molar-refractivity contribution in [3.05, 3.63) is 29.8 Å². The zero-order chi connectivity index (χ0) is 19.5. The standard InChI is InChI=1S/C18H27N3O4S/c1-13(2)20-9-10-21(16(12-20)18(23)19-3)17(22)11-14-5-7-15(8-6-14)26(4,24)25/h5-8,13,16H,9-12H2,1-4H3,(H,19,23). The van der Waals surface area contributed by atoms with Crippen molar-refractivity contribution in [2.75, 3.05) is 32.9 Å². The van der Waals surface area contributed by atoms with Crippen LogP contribution < -0.4 is 5.32 Å². The topological polar surface area (TPSA) is 86.8 Å². The third-order valence-corrected chi connectivity index (χ3v) is 5.85. The molecule has 2 amide bonds. The number of nitrogens with one attached hydrogen (secondary N) is 1. The van der Waals surface area contributed by atoms with Gasteiger partial charge in [0.1, 0.15) is 6.04 Å². The first-order chi connectivity index (χ1) is 12.1. The van der Waals surface area contributed by atoms with Crippen molar-refractivity contribution in [3.63, 3.8) is 0 Å². The number of sulfone groups is 1. The van der Waals surface area contributed by atoms with Gasteiger partial charge >= 0.3 is 0 Å². The minimum absolute atomic E-state index is 0.130. The van der Waals surface area contributed by atoms with E-state index < -0.39 is 15.9 Å². The molecule has 0 saturated carbocycles. The largest absolute Gasteiger partial charge is 0.357 e. The predicted molar refractivity (Wildman–Crippen MR) is 99.5 cm³/mol. The van der Waals surface area contributed by atoms with Gasteiger partial charge in [-0.3, -0.25) is 14.5 Å². The van der Waals surface area contributed by atoms with Gasteiger partial charge in [0.15, 0.2) is 9.84 Å². The second-order valence-electron chi connectivity index (χ2n) is 6.90. The fourth-order valence-electron chi connectivity index (χ4n) is 3.09. The highest BCUT2D eigenvalue weighted by molar-refractivity contribution is 7.90. The zero-order valence-corrected chi connectivity index (χ0v) is 16.5. The molecule has 26 heavy (non-hydrogen) atoms. The van der Waals surface area contributed by atoms with Crippen LogP contribution in [0.4, 0.5) is 0 Å². The Kier molecular flexibility index (Phi) is 6.41. The van der Waals surface area contributed by atoms with Crippen LogP contribution in [0, 0.1) is 0 Å². The van der Waals surface area contributed by atoms with Crippen molar-refractivity contribution in [1.82, 2.24) is 15.1 Å². The molecule has 0 radical (unpaired) electrons. The average molecular weight is 381 g/mol. The number of hydrogen-bond acceptors (Lipinski definition) is 5. The summed E-state index contributed by atoms with van der Waals surface area (Å²) in [5.41, 5.74) is 0.726. The van der Waals surface area contributed by atoms with E-state index in [0.717, 1.165) is 18.4 Å². The van der Waals surface area contributed by atoms with Crippen LogP contribution >= 0.6 is 0 Å². The van der Waals surface area contributed by atoms with Crippen molar-refractivity contribution in [1.29, 1.82) is 0 Å². The molecule has 144 valence electrons. The van der Waals surface area contributed by atoms with E-state index in [-0.39, 0.29) is 23.1 Å². The Balaban J connectivity index is 2.12. The molecule has 1 aliphatic rings. The van der Waals surface area contributed by atoms with Gasteiger partial charge in [0.25, 0.3) is 0 Å². The summed E-state index contributed by atoms with van der Waals surface area (Å²) in [6.45, 7) is 5.87. The van der Waals surface area contributed by atoms with Crippen molar-refractivity contribution in [3.8, 4) is 0 Å². The Morgan fingerprint density at radius 2 is 1.81 bits per heavy atom. The highest BCUT2D eigenvalue weighted by Crippen LogP contribution is 2.16. The summed E-state index contributed by atoms with van der Waals surface area (Å²) >= 11 is 0. The van der Waals surface area contributed by atoms with E-state index in [2.05, 4.69) is 24.1 Å². The molecule has 1 aromatic rings. The summed E-state index contributed by atoms with van der Waals surface area (Å²) < 4.78 is 23.1. The maximum absolute atomic E-state index is 12.8. The second kappa shape index (κ2) is 8.18. The summed E-state index contributed by atoms with van der Waals surface area (Å²) in [7, 11) is -1.69. The van der Waals surface area contributed by atoms with E-state index in [9.17, 15) is 18.0 Å². The fraction of sp³-hybridized carbons (Fsp3) is 0.556. The van der Waals surface area contributed by atoms with Crippen LogP contribution in [0.3, 0.4) is 0 Å². The molecule has 2 rings (SSSR count). The van der Waals surface area contributed by atoms with E-state index >= 15 is 0 Å². The molecule has 1 atom stereocenters. The van der Waals surface area contributed by atoms with Gasteiger partial charge in [-0.1, -0.05) is 12.1 Å². The number of carbonyl (C=O) groups excluding carboxylic acids is 2. The van der Waals surface area contributed by atoms with E-state index in [1.807, 2.05) is 0 Å². The second-order valence-corrected chi connectivity index (χ2v) is 8.91. The fourth-order valence-corrected chi connectivity index (χ4v) is 3.72. The van der Waals surface area contributed by atoms with Crippen LogP contribution in [-0.2, 0) is 25.8 Å². The van der Waals surface area contributed by atoms with Gasteiger partial charge in [0, 0.05) is 39.0 Å². The van der Waals surface area contributed by atoms with Crippen LogP contribution in [0.2, 0.25) is 0 Å². The third-order valence-electron chi connectivity index (χ3n) is 4.72. The van der Waals surface area contributed by atoms with Crippen molar-refractivity contribution >= 4 is 21.7 Å². The highest BCUT2D eigenvalue weighted by Gasteiger charge is 2.35. The number of nitrogens with zero attached hydrogens (tertiary/aromatic N) is 2. The Hall–Kier alpha value is -1.93. The summed E-state index contributed by atoms with van der Waals surface area (Å²) in [5.74, 6) is -0.301. The van der Waals surface area contributed by atoms with Gasteiger partial charge in [0.05, 0.1) is 11.3 Å². The van der Waals surface area contributed by atoms with E-state index in [0.29, 0.717) is 19.1 Å². The third kappa shape index (κ3) is 4.82. The van der Waals surface area contributed by atoms with E-state index in [4.69, 9.17) is 0 Å². The van der Waals surface area contributed by atoms with Gasteiger partial charge in [-0.15, -0.1) is 0 Å². The smallest absolute Gasteiger partial charge is 0.243 e. The molecule has 8 heteroatoms. The maximum atomic E-state index is 12.8. The highest BCUT2D eigenvalue weighted by atomic mass is 32.2. The van der Waals surface area contributed by atoms with E-state index in [1.54, 1.807) is 24.1 Å². The molecule has 1 fully saturated rings. The van der Waals surface area contributed by atoms with Crippen LogP contribution in [0.25, 0.3) is 0 Å². The molecule has 1 aliphatic heterocycles. The summed E-state index contributed by atoms with van der Waals surface area (Å²) in [6, 6.07) is 6.10. The lowest BCUT2D eigenvalue weighted by molar-refractivity contribution is -0.143. The Bertz CT molecular complexity index is 759. The van der Waals surface area contributed by atoms with Crippen molar-refractivity contribution < 1.29 is 18.0 Å². The van der Waals surface area contributed by atoms with Gasteiger partial charge < -0.3 is 10.2 Å². The SMILES string of the molecule is CNC(=O)C1CN(C(C)C)CCN1C(=O)Cc1ccc(S(C)(=O)=O)cc1. The van der Waals surface area contributed by atoms with Crippen molar-refractivity contribution in [2.45, 2.75) is 37.2 Å². The van der Waals surface area contributed by atoms with Crippen molar-refractivity contribution in [2.24, 2.45) is 0 Å². The molecule has 0 bridgehead atoms. The number of amides is 2. The number of benzene rings is 1. The van der Waals surface area contributed by atoms with E-state index in [1.165, 1.54) is 12.1 Å². The summed E-state index contributed by atoms with van der Waals surface area (Å²) in [4.78, 5) is 29.1. The molecule has 1 unspecified atom stereocenters. The molecule has 0 spiro atoms. The van der Waals surface area contributed by atoms with Crippen LogP contribution in [0.15, 0.2) is 29.2 Å². The zero-order valence-electron chi connectivity index (χ0n) is 15.7. The first kappa shape index (κ1) is 20.4. The maximum Gasteiger partial charge on any atom is 0.243 e. The Morgan fingerprint density at radius 3 is 2.31 bits per heavy atom. The normalized spacial score (nSPS) is 18.8. The molecule has 1 aromatic carbocycles. The number of likely N-dealkylation sites (N-methyl/N-ethyl adjacent to an activating group) is 1. The summed E-state index contributed by atoms with van der Waals surface area (Å²) in [5, 5.41) is 2.64. The molecular weight excluding hydrogens is 354 g/mol. The summed E-state index contributed by atoms with van der Waals surface area (Å²) in [6.07, 6.45) is 1.29. The number of hydrogen-bond donors (Lipinski definition) is 1. The lowest BCUT2D eigenvalue weighted by Gasteiger charge is -2.42. The lowest BCUT2D eigenvalue weighted by Crippen LogP contribution is -2.61. The molecule has 7 nitrogen and oxygen atoms in total. The Morgan fingerprint density at radius 1 is 1.19 bits per heavy atom. The monoisotopic (exact) mass is 381 g/mol. The molecule has 0 aromatic heterocycles.